The van der Waals surface area contributed by atoms with E-state index in [4.69, 9.17) is 0 Å². The highest BCUT2D eigenvalue weighted by molar-refractivity contribution is 5.91. The lowest BCUT2D eigenvalue weighted by atomic mass is 9.97. The maximum atomic E-state index is 12.4. The maximum Gasteiger partial charge on any atom is 0.289 e. The number of hydrogen-bond donors (Lipinski definition) is 1. The predicted molar refractivity (Wildman–Crippen MR) is 79.1 cm³/mol. The second-order valence-electron chi connectivity index (χ2n) is 5.78. The van der Waals surface area contributed by atoms with Crippen LogP contribution >= 0.6 is 0 Å². The van der Waals surface area contributed by atoms with Crippen molar-refractivity contribution in [1.82, 2.24) is 24.9 Å². The van der Waals surface area contributed by atoms with Gasteiger partial charge in [-0.25, -0.2) is 4.98 Å². The van der Waals surface area contributed by atoms with Crippen LogP contribution in [0.2, 0.25) is 0 Å². The Morgan fingerprint density at radius 1 is 1.19 bits per heavy atom. The minimum atomic E-state index is -0.154. The van der Waals surface area contributed by atoms with Crippen LogP contribution in [0.1, 0.15) is 61.3 Å². The van der Waals surface area contributed by atoms with Crippen molar-refractivity contribution in [2.24, 2.45) is 0 Å². The molecule has 0 radical (unpaired) electrons. The van der Waals surface area contributed by atoms with Crippen LogP contribution in [0.4, 0.5) is 0 Å². The van der Waals surface area contributed by atoms with Crippen molar-refractivity contribution in [3.8, 4) is 0 Å². The normalized spacial score (nSPS) is 17.4. The molecule has 0 spiro atoms. The highest BCUT2D eigenvalue weighted by Gasteiger charge is 2.19. The molecule has 2 aromatic rings. The van der Waals surface area contributed by atoms with Crippen molar-refractivity contribution in [3.05, 3.63) is 23.8 Å². The molecule has 2 aromatic heterocycles. The molecule has 1 fully saturated rings. The van der Waals surface area contributed by atoms with E-state index in [1.807, 2.05) is 13.0 Å². The number of nitrogens with one attached hydrogen (secondary N) is 1. The van der Waals surface area contributed by atoms with Crippen LogP contribution in [0.3, 0.4) is 0 Å². The van der Waals surface area contributed by atoms with Crippen LogP contribution < -0.4 is 5.32 Å². The zero-order valence-electron chi connectivity index (χ0n) is 12.4. The standard InChI is InChI=1S/C15H21N5O/c1-11-9-10-20-13(18-19-15(20)16-11)14(21)17-12-7-5-3-2-4-6-8-12/h9-10,12H,2-8H2,1H3,(H,17,21). The van der Waals surface area contributed by atoms with E-state index in [9.17, 15) is 4.79 Å². The van der Waals surface area contributed by atoms with Gasteiger partial charge in [0.05, 0.1) is 0 Å². The summed E-state index contributed by atoms with van der Waals surface area (Å²) in [4.78, 5) is 16.7. The minimum Gasteiger partial charge on any atom is -0.347 e. The molecule has 0 atom stereocenters. The zero-order valence-corrected chi connectivity index (χ0v) is 12.4. The Hall–Kier alpha value is -1.98. The molecule has 0 unspecified atom stereocenters. The van der Waals surface area contributed by atoms with Gasteiger partial charge in [-0.2, -0.15) is 0 Å². The molecule has 1 saturated carbocycles. The Bertz CT molecular complexity index is 628. The Labute approximate surface area is 124 Å². The van der Waals surface area contributed by atoms with Gasteiger partial charge in [0.1, 0.15) is 0 Å². The molecule has 1 aliphatic rings. The zero-order chi connectivity index (χ0) is 14.7. The van der Waals surface area contributed by atoms with Gasteiger partial charge in [0, 0.05) is 17.9 Å². The summed E-state index contributed by atoms with van der Waals surface area (Å²) in [5.74, 6) is 0.635. The third-order valence-corrected chi connectivity index (χ3v) is 4.06. The van der Waals surface area contributed by atoms with E-state index in [2.05, 4.69) is 20.5 Å². The Balaban J connectivity index is 1.74. The molecule has 1 amide bonds. The van der Waals surface area contributed by atoms with Crippen molar-refractivity contribution in [2.75, 3.05) is 0 Å². The molecular formula is C15H21N5O. The maximum absolute atomic E-state index is 12.4. The van der Waals surface area contributed by atoms with E-state index in [0.29, 0.717) is 11.6 Å². The summed E-state index contributed by atoms with van der Waals surface area (Å²) in [5, 5.41) is 11.1. The van der Waals surface area contributed by atoms with E-state index in [0.717, 1.165) is 18.5 Å². The van der Waals surface area contributed by atoms with Crippen molar-refractivity contribution in [2.45, 2.75) is 57.9 Å². The van der Waals surface area contributed by atoms with E-state index in [1.54, 1.807) is 10.6 Å². The number of hydrogen-bond acceptors (Lipinski definition) is 4. The highest BCUT2D eigenvalue weighted by Crippen LogP contribution is 2.17. The van der Waals surface area contributed by atoms with Gasteiger partial charge in [0.15, 0.2) is 0 Å². The monoisotopic (exact) mass is 287 g/mol. The molecular weight excluding hydrogens is 266 g/mol. The average Bonchev–Trinajstić information content (AvgIpc) is 2.84. The summed E-state index contributed by atoms with van der Waals surface area (Å²) in [6, 6.07) is 2.10. The highest BCUT2D eigenvalue weighted by atomic mass is 16.2. The van der Waals surface area contributed by atoms with Gasteiger partial charge in [0.2, 0.25) is 5.82 Å². The smallest absolute Gasteiger partial charge is 0.289 e. The number of carbonyl (C=O) groups excluding carboxylic acids is 1. The first kappa shape index (κ1) is 14.0. The predicted octanol–water partition coefficient (Wildman–Crippen LogP) is 2.28. The van der Waals surface area contributed by atoms with Crippen molar-refractivity contribution < 1.29 is 4.79 Å². The molecule has 3 rings (SSSR count). The fraction of sp³-hybridized carbons (Fsp3) is 0.600. The van der Waals surface area contributed by atoms with Gasteiger partial charge < -0.3 is 5.32 Å². The van der Waals surface area contributed by atoms with Crippen molar-refractivity contribution >= 4 is 11.7 Å². The first-order chi connectivity index (χ1) is 10.2. The fourth-order valence-corrected chi connectivity index (χ4v) is 2.88. The number of nitrogens with zero attached hydrogens (tertiary/aromatic N) is 4. The molecule has 21 heavy (non-hydrogen) atoms. The third kappa shape index (κ3) is 3.20. The van der Waals surface area contributed by atoms with Crippen LogP contribution in [0.25, 0.3) is 5.78 Å². The summed E-state index contributed by atoms with van der Waals surface area (Å²) in [7, 11) is 0. The quantitative estimate of drug-likeness (QED) is 0.919. The van der Waals surface area contributed by atoms with E-state index >= 15 is 0 Å². The van der Waals surface area contributed by atoms with Crippen LogP contribution in [-0.4, -0.2) is 31.5 Å². The van der Waals surface area contributed by atoms with Gasteiger partial charge in [-0.3, -0.25) is 9.20 Å². The molecule has 0 saturated heterocycles. The topological polar surface area (TPSA) is 72.2 Å². The fourth-order valence-electron chi connectivity index (χ4n) is 2.88. The first-order valence-electron chi connectivity index (χ1n) is 7.73. The number of carbonyl (C=O) groups is 1. The third-order valence-electron chi connectivity index (χ3n) is 4.06. The summed E-state index contributed by atoms with van der Waals surface area (Å²) < 4.78 is 1.64. The lowest BCUT2D eigenvalue weighted by Gasteiger charge is -2.20. The molecule has 1 aliphatic carbocycles. The van der Waals surface area contributed by atoms with E-state index in [1.165, 1.54) is 32.1 Å². The Morgan fingerprint density at radius 3 is 2.67 bits per heavy atom. The van der Waals surface area contributed by atoms with Gasteiger partial charge in [0.25, 0.3) is 11.7 Å². The second kappa shape index (κ2) is 6.20. The molecule has 0 aromatic carbocycles. The van der Waals surface area contributed by atoms with Gasteiger partial charge in [-0.1, -0.05) is 32.1 Å². The molecule has 2 heterocycles. The van der Waals surface area contributed by atoms with E-state index in [-0.39, 0.29) is 11.9 Å². The van der Waals surface area contributed by atoms with Crippen LogP contribution in [-0.2, 0) is 0 Å². The van der Waals surface area contributed by atoms with E-state index < -0.39 is 0 Å². The lowest BCUT2D eigenvalue weighted by Crippen LogP contribution is -2.36. The summed E-state index contributed by atoms with van der Waals surface area (Å²) in [6.45, 7) is 1.89. The number of amides is 1. The minimum absolute atomic E-state index is 0.154. The number of rotatable bonds is 2. The first-order valence-corrected chi connectivity index (χ1v) is 7.73. The summed E-state index contributed by atoms with van der Waals surface area (Å²) in [6.07, 6.45) is 10.1. The Kier molecular flexibility index (Phi) is 4.13. The van der Waals surface area contributed by atoms with Crippen molar-refractivity contribution in [3.63, 3.8) is 0 Å². The van der Waals surface area contributed by atoms with Gasteiger partial charge in [-0.05, 0) is 25.8 Å². The Morgan fingerprint density at radius 2 is 1.90 bits per heavy atom. The molecule has 112 valence electrons. The van der Waals surface area contributed by atoms with Crippen LogP contribution in [0.15, 0.2) is 12.3 Å². The summed E-state index contributed by atoms with van der Waals surface area (Å²) >= 11 is 0. The SMILES string of the molecule is Cc1ccn2c(C(=O)NC3CCCCCCC3)nnc2n1. The van der Waals surface area contributed by atoms with Gasteiger partial charge >= 0.3 is 0 Å². The number of fused-ring (bicyclic) bond motifs is 1. The van der Waals surface area contributed by atoms with Gasteiger partial charge in [-0.15, -0.1) is 10.2 Å². The number of aromatic nitrogens is 4. The number of aryl methyl sites for hydroxylation is 1. The molecule has 0 aliphatic heterocycles. The van der Waals surface area contributed by atoms with Crippen LogP contribution in [0.5, 0.6) is 0 Å². The lowest BCUT2D eigenvalue weighted by molar-refractivity contribution is 0.0918. The molecule has 6 heteroatoms. The largest absolute Gasteiger partial charge is 0.347 e. The second-order valence-corrected chi connectivity index (χ2v) is 5.78. The summed E-state index contributed by atoms with van der Waals surface area (Å²) in [5.41, 5.74) is 0.863. The van der Waals surface area contributed by atoms with Crippen molar-refractivity contribution in [1.29, 1.82) is 0 Å². The molecule has 6 nitrogen and oxygen atoms in total. The molecule has 0 bridgehead atoms. The average molecular weight is 287 g/mol. The van der Waals surface area contributed by atoms with Crippen LogP contribution in [0, 0.1) is 6.92 Å². The molecule has 1 N–H and O–H groups in total.